The van der Waals surface area contributed by atoms with Crippen LogP contribution in [0.5, 0.6) is 5.75 Å². The molecule has 0 aliphatic rings. The van der Waals surface area contributed by atoms with Gasteiger partial charge in [0.2, 0.25) is 15.9 Å². The maximum atomic E-state index is 12.6. The summed E-state index contributed by atoms with van der Waals surface area (Å²) in [6.45, 7) is 3.75. The van der Waals surface area contributed by atoms with E-state index in [-0.39, 0.29) is 29.9 Å². The van der Waals surface area contributed by atoms with E-state index in [0.717, 1.165) is 4.90 Å². The van der Waals surface area contributed by atoms with Gasteiger partial charge in [-0.2, -0.15) is 0 Å². The van der Waals surface area contributed by atoms with E-state index in [2.05, 4.69) is 10.0 Å². The highest BCUT2D eigenvalue weighted by Crippen LogP contribution is 2.28. The molecule has 9 heteroatoms. The lowest BCUT2D eigenvalue weighted by Gasteiger charge is -2.14. The summed E-state index contributed by atoms with van der Waals surface area (Å²) in [5.41, 5.74) is 0.474. The number of hydrogen-bond donors (Lipinski definition) is 2. The van der Waals surface area contributed by atoms with Crippen LogP contribution in [0.25, 0.3) is 0 Å². The van der Waals surface area contributed by atoms with Gasteiger partial charge in [-0.3, -0.25) is 4.79 Å². The molecule has 28 heavy (non-hydrogen) atoms. The van der Waals surface area contributed by atoms with Crippen LogP contribution in [0.4, 0.5) is 5.69 Å². The fourth-order valence-corrected chi connectivity index (χ4v) is 3.97. The van der Waals surface area contributed by atoms with Crippen molar-refractivity contribution in [3.8, 4) is 5.75 Å². The number of benzene rings is 2. The standard InChI is InChI=1S/C19H23ClN2O4S2/c1-13(2)19(23)22-16-12-14(8-9-18(16)27-3)28(24,25)21-10-11-26-17-7-5-4-6-15(17)20/h4-9,12-13,21H,10-11H2,1-3H3,(H,22,23). The molecule has 6 nitrogen and oxygen atoms in total. The Hall–Kier alpha value is -1.74. The van der Waals surface area contributed by atoms with Crippen LogP contribution < -0.4 is 14.8 Å². The number of anilines is 1. The lowest BCUT2D eigenvalue weighted by Crippen LogP contribution is -2.28. The van der Waals surface area contributed by atoms with Crippen LogP contribution in [-0.4, -0.2) is 33.7 Å². The molecule has 0 bridgehead atoms. The highest BCUT2D eigenvalue weighted by Gasteiger charge is 2.17. The Labute approximate surface area is 175 Å². The first-order valence-corrected chi connectivity index (χ1v) is 11.7. The summed E-state index contributed by atoms with van der Waals surface area (Å²) in [4.78, 5) is 12.9. The normalized spacial score (nSPS) is 11.5. The average Bonchev–Trinajstić information content (AvgIpc) is 2.66. The minimum atomic E-state index is -3.75. The summed E-state index contributed by atoms with van der Waals surface area (Å²) in [5.74, 6) is 0.104. The van der Waals surface area contributed by atoms with Crippen molar-refractivity contribution < 1.29 is 17.9 Å². The number of halogens is 1. The first-order valence-electron chi connectivity index (χ1n) is 8.60. The van der Waals surface area contributed by atoms with E-state index in [4.69, 9.17) is 16.3 Å². The minimum Gasteiger partial charge on any atom is -0.491 e. The van der Waals surface area contributed by atoms with E-state index < -0.39 is 10.0 Å². The molecular formula is C19H23ClN2O4S2. The van der Waals surface area contributed by atoms with Gasteiger partial charge < -0.3 is 10.1 Å². The van der Waals surface area contributed by atoms with Crippen molar-refractivity contribution in [1.82, 2.24) is 4.72 Å². The molecule has 1 amide bonds. The zero-order chi connectivity index (χ0) is 20.7. The van der Waals surface area contributed by atoms with Crippen molar-refractivity contribution in [2.24, 2.45) is 5.92 Å². The predicted molar refractivity (Wildman–Crippen MR) is 114 cm³/mol. The van der Waals surface area contributed by atoms with Crippen LogP contribution in [0.1, 0.15) is 13.8 Å². The molecule has 0 fully saturated rings. The van der Waals surface area contributed by atoms with Crippen molar-refractivity contribution in [2.75, 3.05) is 24.7 Å². The predicted octanol–water partition coefficient (Wildman–Crippen LogP) is 4.01. The van der Waals surface area contributed by atoms with Crippen molar-refractivity contribution in [2.45, 2.75) is 23.6 Å². The van der Waals surface area contributed by atoms with Crippen LogP contribution in [0.15, 0.2) is 52.3 Å². The minimum absolute atomic E-state index is 0.0714. The Balaban J connectivity index is 2.05. The Morgan fingerprint density at radius 3 is 2.57 bits per heavy atom. The van der Waals surface area contributed by atoms with E-state index in [1.165, 1.54) is 23.9 Å². The Kier molecular flexibility index (Phi) is 8.18. The number of thioether (sulfide) groups is 1. The second kappa shape index (κ2) is 10.2. The second-order valence-electron chi connectivity index (χ2n) is 6.18. The van der Waals surface area contributed by atoms with Gasteiger partial charge in [0, 0.05) is 17.4 Å². The molecule has 0 aliphatic carbocycles. The van der Waals surface area contributed by atoms with Gasteiger partial charge in [-0.1, -0.05) is 37.6 Å². The molecule has 0 spiro atoms. The van der Waals surface area contributed by atoms with Crippen molar-refractivity contribution in [3.63, 3.8) is 0 Å². The van der Waals surface area contributed by atoms with E-state index in [9.17, 15) is 13.2 Å². The van der Waals surface area contributed by atoms with Crippen molar-refractivity contribution in [3.05, 3.63) is 47.5 Å². The molecule has 0 aliphatic heterocycles. The third kappa shape index (κ3) is 6.13. The quantitative estimate of drug-likeness (QED) is 0.452. The second-order valence-corrected chi connectivity index (χ2v) is 9.20. The first-order chi connectivity index (χ1) is 13.2. The van der Waals surface area contributed by atoms with Crippen molar-refractivity contribution >= 4 is 45.0 Å². The Bertz CT molecular complexity index is 933. The Morgan fingerprint density at radius 1 is 1.21 bits per heavy atom. The maximum absolute atomic E-state index is 12.6. The zero-order valence-electron chi connectivity index (χ0n) is 15.9. The van der Waals surface area contributed by atoms with Gasteiger partial charge in [0.1, 0.15) is 12.4 Å². The maximum Gasteiger partial charge on any atom is 0.240 e. The van der Waals surface area contributed by atoms with Crippen LogP contribution in [0, 0.1) is 5.92 Å². The van der Waals surface area contributed by atoms with Crippen LogP contribution >= 0.6 is 23.4 Å². The van der Waals surface area contributed by atoms with E-state index >= 15 is 0 Å². The van der Waals surface area contributed by atoms with E-state index in [0.29, 0.717) is 16.5 Å². The van der Waals surface area contributed by atoms with Crippen LogP contribution in [0.3, 0.4) is 0 Å². The fraction of sp³-hybridized carbons (Fsp3) is 0.316. The number of carbonyl (C=O) groups excluding carboxylic acids is 1. The first kappa shape index (κ1) is 22.5. The average molecular weight is 443 g/mol. The largest absolute Gasteiger partial charge is 0.491 e. The number of hydrogen-bond acceptors (Lipinski definition) is 5. The fourth-order valence-electron chi connectivity index (χ4n) is 2.21. The number of ether oxygens (including phenoxy) is 1. The topological polar surface area (TPSA) is 84.5 Å². The van der Waals surface area contributed by atoms with Gasteiger partial charge >= 0.3 is 0 Å². The van der Waals surface area contributed by atoms with E-state index in [1.54, 1.807) is 44.2 Å². The highest BCUT2D eigenvalue weighted by molar-refractivity contribution is 7.98. The smallest absolute Gasteiger partial charge is 0.240 e. The summed E-state index contributed by atoms with van der Waals surface area (Å²) in [6, 6.07) is 11.6. The highest BCUT2D eigenvalue weighted by atomic mass is 35.5. The molecule has 152 valence electrons. The van der Waals surface area contributed by atoms with E-state index in [1.807, 2.05) is 6.26 Å². The third-order valence-electron chi connectivity index (χ3n) is 3.75. The van der Waals surface area contributed by atoms with Gasteiger partial charge in [-0.15, -0.1) is 11.8 Å². The molecule has 0 unspecified atom stereocenters. The molecule has 0 saturated carbocycles. The third-order valence-corrected chi connectivity index (χ3v) is 6.32. The summed E-state index contributed by atoms with van der Waals surface area (Å²) in [7, 11) is -3.75. The summed E-state index contributed by atoms with van der Waals surface area (Å²) < 4.78 is 33.1. The molecule has 0 aromatic heterocycles. The number of nitrogens with one attached hydrogen (secondary N) is 2. The molecule has 2 rings (SSSR count). The summed E-state index contributed by atoms with van der Waals surface area (Å²) in [6.07, 6.45) is 1.86. The van der Waals surface area contributed by atoms with Gasteiger partial charge in [-0.25, -0.2) is 13.1 Å². The molecule has 2 N–H and O–H groups in total. The van der Waals surface area contributed by atoms with Gasteiger partial charge in [-0.05, 0) is 36.6 Å². The molecule has 2 aromatic carbocycles. The van der Waals surface area contributed by atoms with Gasteiger partial charge in [0.05, 0.1) is 15.6 Å². The number of rotatable bonds is 9. The summed E-state index contributed by atoms with van der Waals surface area (Å²) in [5, 5.41) is 3.24. The number of sulfonamides is 1. The van der Waals surface area contributed by atoms with Crippen molar-refractivity contribution in [1.29, 1.82) is 0 Å². The van der Waals surface area contributed by atoms with Crippen LogP contribution in [0.2, 0.25) is 5.02 Å². The Morgan fingerprint density at radius 2 is 1.93 bits per heavy atom. The SMILES string of the molecule is CSc1ccc(S(=O)(=O)NCCOc2ccccc2Cl)cc1NC(=O)C(C)C. The lowest BCUT2D eigenvalue weighted by atomic mass is 10.2. The molecular weight excluding hydrogens is 420 g/mol. The molecule has 0 atom stereocenters. The number of para-hydroxylation sites is 1. The zero-order valence-corrected chi connectivity index (χ0v) is 18.2. The number of carbonyl (C=O) groups is 1. The molecule has 2 aromatic rings. The monoisotopic (exact) mass is 442 g/mol. The van der Waals surface area contributed by atoms with Gasteiger partial charge in [0.25, 0.3) is 0 Å². The summed E-state index contributed by atoms with van der Waals surface area (Å²) >= 11 is 7.42. The molecule has 0 saturated heterocycles. The molecule has 0 heterocycles. The number of amides is 1. The van der Waals surface area contributed by atoms with Gasteiger partial charge in [0.15, 0.2) is 0 Å². The van der Waals surface area contributed by atoms with Crippen LogP contribution in [-0.2, 0) is 14.8 Å². The molecule has 0 radical (unpaired) electrons. The lowest BCUT2D eigenvalue weighted by molar-refractivity contribution is -0.118.